The van der Waals surface area contributed by atoms with E-state index in [-0.39, 0.29) is 17.4 Å². The van der Waals surface area contributed by atoms with Crippen LogP contribution in [0.5, 0.6) is 0 Å². The first-order chi connectivity index (χ1) is 9.76. The molecule has 1 atom stereocenters. The second-order valence-electron chi connectivity index (χ2n) is 6.21. The molecule has 0 saturated carbocycles. The number of hydrogen-bond donors (Lipinski definition) is 3. The van der Waals surface area contributed by atoms with Gasteiger partial charge < -0.3 is 15.6 Å². The lowest BCUT2D eigenvalue weighted by molar-refractivity contribution is -0.124. The van der Waals surface area contributed by atoms with Crippen LogP contribution in [0.4, 0.5) is 0 Å². The number of rotatable bonds is 3. The summed E-state index contributed by atoms with van der Waals surface area (Å²) in [4.78, 5) is 27.2. The van der Waals surface area contributed by atoms with Gasteiger partial charge in [0.2, 0.25) is 5.91 Å². The lowest BCUT2D eigenvalue weighted by Crippen LogP contribution is -2.50. The minimum atomic E-state index is -0.585. The minimum Gasteiger partial charge on any atom is -0.361 e. The second kappa shape index (κ2) is 5.60. The Balaban J connectivity index is 2.04. The fraction of sp³-hybridized carbons (Fsp3) is 0.375. The van der Waals surface area contributed by atoms with Crippen LogP contribution >= 0.6 is 0 Å². The van der Waals surface area contributed by atoms with Crippen LogP contribution < -0.4 is 10.6 Å². The molecule has 2 rings (SSSR count). The highest BCUT2D eigenvalue weighted by Gasteiger charge is 2.21. The Morgan fingerprint density at radius 1 is 1.19 bits per heavy atom. The van der Waals surface area contributed by atoms with E-state index in [1.54, 1.807) is 19.1 Å². The number of benzene rings is 1. The maximum Gasteiger partial charge on any atom is 0.251 e. The van der Waals surface area contributed by atoms with Crippen LogP contribution in [0, 0.1) is 0 Å². The molecule has 0 fully saturated rings. The van der Waals surface area contributed by atoms with Gasteiger partial charge in [-0.15, -0.1) is 0 Å². The molecule has 0 spiro atoms. The van der Waals surface area contributed by atoms with Gasteiger partial charge in [-0.2, -0.15) is 0 Å². The average molecular weight is 287 g/mol. The Labute approximate surface area is 124 Å². The lowest BCUT2D eigenvalue weighted by atomic mass is 10.1. The average Bonchev–Trinajstić information content (AvgIpc) is 2.83. The van der Waals surface area contributed by atoms with E-state index in [1.807, 2.05) is 39.1 Å². The lowest BCUT2D eigenvalue weighted by Gasteiger charge is -2.23. The van der Waals surface area contributed by atoms with Crippen LogP contribution in [0.3, 0.4) is 0 Å². The van der Waals surface area contributed by atoms with Gasteiger partial charge >= 0.3 is 0 Å². The number of carbonyl (C=O) groups excluding carboxylic acids is 2. The van der Waals surface area contributed by atoms with Gasteiger partial charge in [0.05, 0.1) is 0 Å². The highest BCUT2D eigenvalue weighted by atomic mass is 16.2. The quantitative estimate of drug-likeness (QED) is 0.809. The zero-order valence-corrected chi connectivity index (χ0v) is 12.8. The predicted octanol–water partition coefficient (Wildman–Crippen LogP) is 2.20. The molecule has 3 N–H and O–H groups in total. The van der Waals surface area contributed by atoms with Crippen molar-refractivity contribution >= 4 is 22.7 Å². The van der Waals surface area contributed by atoms with Crippen molar-refractivity contribution in [3.63, 3.8) is 0 Å². The van der Waals surface area contributed by atoms with Crippen molar-refractivity contribution in [1.29, 1.82) is 0 Å². The molecule has 21 heavy (non-hydrogen) atoms. The Morgan fingerprint density at radius 2 is 1.90 bits per heavy atom. The molecule has 1 unspecified atom stereocenters. The highest BCUT2D eigenvalue weighted by Crippen LogP contribution is 2.14. The van der Waals surface area contributed by atoms with E-state index in [0.29, 0.717) is 5.56 Å². The Morgan fingerprint density at radius 3 is 2.57 bits per heavy atom. The summed E-state index contributed by atoms with van der Waals surface area (Å²) in [5.74, 6) is -0.451. The number of fused-ring (bicyclic) bond motifs is 1. The first-order valence-electron chi connectivity index (χ1n) is 6.96. The number of H-pyrrole nitrogens is 1. The zero-order valence-electron chi connectivity index (χ0n) is 12.8. The summed E-state index contributed by atoms with van der Waals surface area (Å²) in [5.41, 5.74) is 1.20. The summed E-state index contributed by atoms with van der Waals surface area (Å²) in [6.45, 7) is 7.38. The molecule has 5 nitrogen and oxygen atoms in total. The van der Waals surface area contributed by atoms with E-state index in [0.717, 1.165) is 10.9 Å². The molecule has 2 amide bonds. The molecule has 0 radical (unpaired) electrons. The van der Waals surface area contributed by atoms with Crippen LogP contribution in [0.2, 0.25) is 0 Å². The number of aromatic amines is 1. The number of hydrogen-bond acceptors (Lipinski definition) is 2. The second-order valence-corrected chi connectivity index (χ2v) is 6.21. The summed E-state index contributed by atoms with van der Waals surface area (Å²) in [5, 5.41) is 6.52. The van der Waals surface area contributed by atoms with E-state index in [9.17, 15) is 9.59 Å². The van der Waals surface area contributed by atoms with Gasteiger partial charge in [0.1, 0.15) is 6.04 Å². The van der Waals surface area contributed by atoms with Gasteiger partial charge in [0.25, 0.3) is 5.91 Å². The van der Waals surface area contributed by atoms with Gasteiger partial charge in [-0.25, -0.2) is 0 Å². The maximum absolute atomic E-state index is 12.2. The molecule has 0 saturated heterocycles. The maximum atomic E-state index is 12.2. The fourth-order valence-corrected chi connectivity index (χ4v) is 2.02. The smallest absolute Gasteiger partial charge is 0.251 e. The van der Waals surface area contributed by atoms with Crippen molar-refractivity contribution in [2.45, 2.75) is 39.3 Å². The molecule has 0 aliphatic carbocycles. The molecule has 112 valence electrons. The highest BCUT2D eigenvalue weighted by molar-refractivity contribution is 6.00. The van der Waals surface area contributed by atoms with Crippen LogP contribution in [0.15, 0.2) is 30.5 Å². The van der Waals surface area contributed by atoms with Crippen LogP contribution in [0.25, 0.3) is 10.9 Å². The molecule has 0 aliphatic heterocycles. The third-order valence-corrected chi connectivity index (χ3v) is 3.05. The van der Waals surface area contributed by atoms with E-state index >= 15 is 0 Å². The van der Waals surface area contributed by atoms with Gasteiger partial charge in [-0.3, -0.25) is 9.59 Å². The van der Waals surface area contributed by atoms with Crippen molar-refractivity contribution in [1.82, 2.24) is 15.6 Å². The summed E-state index contributed by atoms with van der Waals surface area (Å²) in [6.07, 6.45) is 1.83. The summed E-state index contributed by atoms with van der Waals surface area (Å²) in [6, 6.07) is 6.71. The van der Waals surface area contributed by atoms with Crippen LogP contribution in [-0.4, -0.2) is 28.4 Å². The van der Waals surface area contributed by atoms with E-state index < -0.39 is 6.04 Å². The van der Waals surface area contributed by atoms with Gasteiger partial charge in [0.15, 0.2) is 0 Å². The Kier molecular flexibility index (Phi) is 4.02. The molecule has 1 heterocycles. The van der Waals surface area contributed by atoms with E-state index in [4.69, 9.17) is 0 Å². The normalized spacial score (nSPS) is 13.0. The number of amides is 2. The van der Waals surface area contributed by atoms with Gasteiger partial charge in [0, 0.05) is 28.2 Å². The summed E-state index contributed by atoms with van der Waals surface area (Å²) < 4.78 is 0. The monoisotopic (exact) mass is 287 g/mol. The number of aromatic nitrogens is 1. The minimum absolute atomic E-state index is 0.196. The number of nitrogens with one attached hydrogen (secondary N) is 3. The Hall–Kier alpha value is -2.30. The predicted molar refractivity (Wildman–Crippen MR) is 83.1 cm³/mol. The summed E-state index contributed by atoms with van der Waals surface area (Å²) in [7, 11) is 0. The molecule has 0 bridgehead atoms. The van der Waals surface area contributed by atoms with Crippen LogP contribution in [-0.2, 0) is 4.79 Å². The molecule has 1 aromatic carbocycles. The SMILES string of the molecule is CC(NC(=O)c1ccc2[nH]ccc2c1)C(=O)NC(C)(C)C. The molecular formula is C16H21N3O2. The largest absolute Gasteiger partial charge is 0.361 e. The molecule has 1 aromatic heterocycles. The zero-order chi connectivity index (χ0) is 15.6. The molecule has 0 aliphatic rings. The number of carbonyl (C=O) groups is 2. The van der Waals surface area contributed by atoms with Crippen molar-refractivity contribution in [2.24, 2.45) is 0 Å². The topological polar surface area (TPSA) is 74.0 Å². The van der Waals surface area contributed by atoms with Gasteiger partial charge in [-0.05, 0) is 52.0 Å². The van der Waals surface area contributed by atoms with E-state index in [1.165, 1.54) is 0 Å². The first kappa shape index (κ1) is 15.1. The van der Waals surface area contributed by atoms with Crippen LogP contribution in [0.1, 0.15) is 38.1 Å². The fourth-order valence-electron chi connectivity index (χ4n) is 2.02. The van der Waals surface area contributed by atoms with Crippen molar-refractivity contribution < 1.29 is 9.59 Å². The van der Waals surface area contributed by atoms with Crippen molar-refractivity contribution in [2.75, 3.05) is 0 Å². The van der Waals surface area contributed by atoms with Gasteiger partial charge in [-0.1, -0.05) is 0 Å². The van der Waals surface area contributed by atoms with Crippen molar-refractivity contribution in [3.8, 4) is 0 Å². The molecule has 2 aromatic rings. The Bertz CT molecular complexity index is 667. The molecular weight excluding hydrogens is 266 g/mol. The third-order valence-electron chi connectivity index (χ3n) is 3.05. The van der Waals surface area contributed by atoms with E-state index in [2.05, 4.69) is 15.6 Å². The summed E-state index contributed by atoms with van der Waals surface area (Å²) >= 11 is 0. The third kappa shape index (κ3) is 3.84. The molecule has 5 heteroatoms. The first-order valence-corrected chi connectivity index (χ1v) is 6.96. The van der Waals surface area contributed by atoms with Crippen molar-refractivity contribution in [3.05, 3.63) is 36.0 Å². The standard InChI is InChI=1S/C16H21N3O2/c1-10(14(20)19-16(2,3)4)18-15(21)12-5-6-13-11(9-12)7-8-17-13/h5-10,17H,1-4H3,(H,18,21)(H,19,20).